The average Bonchev–Trinajstić information content (AvgIpc) is 3.51. The molecule has 9 heteroatoms. The van der Waals surface area contributed by atoms with Crippen LogP contribution in [0.25, 0.3) is 33.6 Å². The number of aromatic nitrogens is 4. The number of aryl methyl sites for hydroxylation is 1. The van der Waals surface area contributed by atoms with Gasteiger partial charge >= 0.3 is 0 Å². The summed E-state index contributed by atoms with van der Waals surface area (Å²) in [5.41, 5.74) is 9.96. The standard InChI is InChI=1S/C25H30N6O3/c1-6-14-12-31(13(2)21(14)26)25(32)16-10-17-22(19(11-16)33-4)30(3)24(28-17)18-9-15-7-8-20(34-5)29-23(15)27-18/h7-11,13-14,21H,6,12,26H2,1-5H3,(H,27,29). The maximum absolute atomic E-state index is 13.5. The fourth-order valence-electron chi connectivity index (χ4n) is 5.03. The summed E-state index contributed by atoms with van der Waals surface area (Å²) >= 11 is 0. The van der Waals surface area contributed by atoms with Crippen LogP contribution in [-0.2, 0) is 7.05 Å². The van der Waals surface area contributed by atoms with Crippen LogP contribution in [0.3, 0.4) is 0 Å². The van der Waals surface area contributed by atoms with E-state index < -0.39 is 0 Å². The number of pyridine rings is 1. The third-order valence-electron chi connectivity index (χ3n) is 7.11. The van der Waals surface area contributed by atoms with Crippen LogP contribution in [0.4, 0.5) is 0 Å². The second-order valence-electron chi connectivity index (χ2n) is 8.96. The Morgan fingerprint density at radius 2 is 2.00 bits per heavy atom. The van der Waals surface area contributed by atoms with Gasteiger partial charge < -0.3 is 29.7 Å². The SMILES string of the molecule is CCC1CN(C(=O)c2cc(OC)c3c(c2)nc(-c2cc4ccc(OC)nc4[nH]2)n3C)C(C)C1N. The number of hydrogen-bond acceptors (Lipinski definition) is 6. The molecule has 1 aromatic carbocycles. The van der Waals surface area contributed by atoms with Crippen molar-refractivity contribution in [3.8, 4) is 23.1 Å². The number of aromatic amines is 1. The van der Waals surface area contributed by atoms with Gasteiger partial charge in [0.15, 0.2) is 5.82 Å². The van der Waals surface area contributed by atoms with Crippen molar-refractivity contribution in [2.45, 2.75) is 32.4 Å². The van der Waals surface area contributed by atoms with Gasteiger partial charge in [0, 0.05) is 42.7 Å². The van der Waals surface area contributed by atoms with Crippen molar-refractivity contribution in [1.29, 1.82) is 0 Å². The quantitative estimate of drug-likeness (QED) is 0.471. The topological polar surface area (TPSA) is 111 Å². The van der Waals surface area contributed by atoms with Crippen LogP contribution in [0.15, 0.2) is 30.3 Å². The number of nitrogens with one attached hydrogen (secondary N) is 1. The van der Waals surface area contributed by atoms with E-state index in [1.54, 1.807) is 20.3 Å². The number of nitrogens with two attached hydrogens (primary N) is 1. The molecule has 1 aliphatic heterocycles. The molecule has 5 rings (SSSR count). The fourth-order valence-corrected chi connectivity index (χ4v) is 5.03. The Bertz CT molecular complexity index is 1390. The number of methoxy groups -OCH3 is 2. The summed E-state index contributed by atoms with van der Waals surface area (Å²) in [7, 11) is 5.13. The minimum absolute atomic E-state index is 0.0183. The molecule has 0 aliphatic carbocycles. The number of imidazole rings is 1. The highest BCUT2D eigenvalue weighted by Crippen LogP contribution is 2.34. The number of rotatable bonds is 5. The predicted octanol–water partition coefficient (Wildman–Crippen LogP) is 3.33. The molecule has 1 fully saturated rings. The van der Waals surface area contributed by atoms with Crippen LogP contribution in [0.1, 0.15) is 30.6 Å². The van der Waals surface area contributed by atoms with Crippen molar-refractivity contribution < 1.29 is 14.3 Å². The van der Waals surface area contributed by atoms with E-state index in [9.17, 15) is 4.79 Å². The van der Waals surface area contributed by atoms with Crippen LogP contribution in [0, 0.1) is 5.92 Å². The normalized spacial score (nSPS) is 20.4. The molecule has 1 aliphatic rings. The van der Waals surface area contributed by atoms with Gasteiger partial charge in [0.25, 0.3) is 5.91 Å². The smallest absolute Gasteiger partial charge is 0.254 e. The van der Waals surface area contributed by atoms with Crippen LogP contribution in [0.5, 0.6) is 11.6 Å². The predicted molar refractivity (Wildman–Crippen MR) is 131 cm³/mol. The molecule has 3 unspecified atom stereocenters. The van der Waals surface area contributed by atoms with Crippen molar-refractivity contribution in [2.24, 2.45) is 18.7 Å². The summed E-state index contributed by atoms with van der Waals surface area (Å²) in [6.07, 6.45) is 0.951. The molecule has 0 radical (unpaired) electrons. The van der Waals surface area contributed by atoms with Gasteiger partial charge in [-0.15, -0.1) is 0 Å². The van der Waals surface area contributed by atoms with Gasteiger partial charge in [-0.3, -0.25) is 4.79 Å². The first-order valence-corrected chi connectivity index (χ1v) is 11.5. The van der Waals surface area contributed by atoms with E-state index in [1.807, 2.05) is 47.7 Å². The average molecular weight is 463 g/mol. The minimum Gasteiger partial charge on any atom is -0.494 e. The Morgan fingerprint density at radius 1 is 1.21 bits per heavy atom. The van der Waals surface area contributed by atoms with E-state index in [-0.39, 0.29) is 18.0 Å². The second-order valence-corrected chi connectivity index (χ2v) is 8.96. The number of carbonyl (C=O) groups is 1. The Labute approximate surface area is 197 Å². The second kappa shape index (κ2) is 8.32. The maximum atomic E-state index is 13.5. The van der Waals surface area contributed by atoms with Crippen LogP contribution in [-0.4, -0.2) is 63.2 Å². The summed E-state index contributed by atoms with van der Waals surface area (Å²) in [6.45, 7) is 4.80. The Morgan fingerprint density at radius 3 is 2.68 bits per heavy atom. The highest BCUT2D eigenvalue weighted by molar-refractivity contribution is 6.00. The van der Waals surface area contributed by atoms with E-state index in [2.05, 4.69) is 16.9 Å². The Kier molecular flexibility index (Phi) is 5.44. The lowest BCUT2D eigenvalue weighted by Crippen LogP contribution is -2.41. The molecule has 0 bridgehead atoms. The van der Waals surface area contributed by atoms with Gasteiger partial charge in [0.2, 0.25) is 5.88 Å². The maximum Gasteiger partial charge on any atom is 0.254 e. The molecule has 3 aromatic heterocycles. The summed E-state index contributed by atoms with van der Waals surface area (Å²) in [5.74, 6) is 2.11. The van der Waals surface area contributed by atoms with Gasteiger partial charge in [0.05, 0.1) is 25.4 Å². The van der Waals surface area contributed by atoms with E-state index in [4.69, 9.17) is 20.2 Å². The number of fused-ring (bicyclic) bond motifs is 2. The third kappa shape index (κ3) is 3.38. The van der Waals surface area contributed by atoms with Gasteiger partial charge in [0.1, 0.15) is 16.9 Å². The highest BCUT2D eigenvalue weighted by atomic mass is 16.5. The van der Waals surface area contributed by atoms with Gasteiger partial charge in [-0.2, -0.15) is 4.98 Å². The molecular weight excluding hydrogens is 432 g/mol. The Hall–Kier alpha value is -3.59. The van der Waals surface area contributed by atoms with Crippen molar-refractivity contribution in [1.82, 2.24) is 24.4 Å². The zero-order chi connectivity index (χ0) is 24.1. The number of H-pyrrole nitrogens is 1. The van der Waals surface area contributed by atoms with Gasteiger partial charge in [-0.05, 0) is 37.1 Å². The van der Waals surface area contributed by atoms with Crippen LogP contribution in [0.2, 0.25) is 0 Å². The lowest BCUT2D eigenvalue weighted by atomic mass is 9.98. The minimum atomic E-state index is -0.0480. The summed E-state index contributed by atoms with van der Waals surface area (Å²) in [5, 5.41) is 0.954. The van der Waals surface area contributed by atoms with E-state index in [0.717, 1.165) is 28.8 Å². The molecule has 178 valence electrons. The number of benzene rings is 1. The largest absolute Gasteiger partial charge is 0.494 e. The lowest BCUT2D eigenvalue weighted by Gasteiger charge is -2.23. The summed E-state index contributed by atoms with van der Waals surface area (Å²) in [6, 6.07) is 9.37. The molecule has 0 saturated carbocycles. The van der Waals surface area contributed by atoms with Crippen LogP contribution < -0.4 is 15.2 Å². The molecule has 1 saturated heterocycles. The number of carbonyl (C=O) groups excluding carboxylic acids is 1. The van der Waals surface area contributed by atoms with E-state index >= 15 is 0 Å². The zero-order valence-electron chi connectivity index (χ0n) is 20.1. The molecular formula is C25H30N6O3. The molecule has 3 atom stereocenters. The third-order valence-corrected chi connectivity index (χ3v) is 7.11. The molecule has 0 spiro atoms. The van der Waals surface area contributed by atoms with Crippen molar-refractivity contribution >= 4 is 28.0 Å². The number of nitrogens with zero attached hydrogens (tertiary/aromatic N) is 4. The number of ether oxygens (including phenoxy) is 2. The van der Waals surface area contributed by atoms with Gasteiger partial charge in [-0.25, -0.2) is 4.98 Å². The zero-order valence-corrected chi connectivity index (χ0v) is 20.1. The molecule has 9 nitrogen and oxygen atoms in total. The fraction of sp³-hybridized carbons (Fsp3) is 0.400. The van der Waals surface area contributed by atoms with Gasteiger partial charge in [-0.1, -0.05) is 13.3 Å². The van der Waals surface area contributed by atoms with Crippen molar-refractivity contribution in [3.63, 3.8) is 0 Å². The number of hydrogen-bond donors (Lipinski definition) is 2. The monoisotopic (exact) mass is 462 g/mol. The first-order valence-electron chi connectivity index (χ1n) is 11.5. The summed E-state index contributed by atoms with van der Waals surface area (Å²) in [4.78, 5) is 28.0. The van der Waals surface area contributed by atoms with E-state index in [1.165, 1.54) is 0 Å². The summed E-state index contributed by atoms with van der Waals surface area (Å²) < 4.78 is 12.9. The molecule has 1 amide bonds. The molecule has 4 aromatic rings. The molecule has 4 heterocycles. The number of amides is 1. The van der Waals surface area contributed by atoms with Crippen molar-refractivity contribution in [3.05, 3.63) is 35.9 Å². The molecule has 34 heavy (non-hydrogen) atoms. The Balaban J connectivity index is 1.58. The lowest BCUT2D eigenvalue weighted by molar-refractivity contribution is 0.0739. The highest BCUT2D eigenvalue weighted by Gasteiger charge is 2.38. The number of likely N-dealkylation sites (tertiary alicyclic amines) is 1. The van der Waals surface area contributed by atoms with E-state index in [0.29, 0.717) is 40.8 Å². The van der Waals surface area contributed by atoms with Crippen LogP contribution >= 0.6 is 0 Å². The first-order chi connectivity index (χ1) is 16.4. The van der Waals surface area contributed by atoms with Crippen molar-refractivity contribution in [2.75, 3.05) is 20.8 Å². The molecule has 3 N–H and O–H groups in total. The first kappa shape index (κ1) is 22.2.